The van der Waals surface area contributed by atoms with Crippen LogP contribution < -0.4 is 5.32 Å². The Bertz CT molecular complexity index is 1100. The van der Waals surface area contributed by atoms with Crippen molar-refractivity contribution < 1.29 is 32.9 Å². The number of rotatable bonds is 55. The minimum absolute atomic E-state index is 0.0779. The second-order valence-corrected chi connectivity index (χ2v) is 23.2. The highest BCUT2D eigenvalue weighted by molar-refractivity contribution is 7.47. The van der Waals surface area contributed by atoms with Gasteiger partial charge < -0.3 is 19.8 Å². The van der Waals surface area contributed by atoms with Gasteiger partial charge in [0, 0.05) is 6.42 Å². The van der Waals surface area contributed by atoms with E-state index in [1.54, 1.807) is 0 Å². The van der Waals surface area contributed by atoms with Crippen LogP contribution in [0.5, 0.6) is 0 Å². The van der Waals surface area contributed by atoms with Gasteiger partial charge in [-0.1, -0.05) is 270 Å². The van der Waals surface area contributed by atoms with Crippen molar-refractivity contribution >= 4 is 13.7 Å². The maximum atomic E-state index is 13.0. The summed E-state index contributed by atoms with van der Waals surface area (Å²) in [6.07, 6.45) is 61.4. The van der Waals surface area contributed by atoms with Gasteiger partial charge in [-0.2, -0.15) is 0 Å². The Balaban J connectivity index is 3.98. The lowest BCUT2D eigenvalue weighted by atomic mass is 10.0. The molecule has 0 heterocycles. The number of quaternary nitrogens is 1. The fourth-order valence-corrected chi connectivity index (χ4v) is 9.84. The number of hydrogen-bond donors (Lipinski definition) is 3. The highest BCUT2D eigenvalue weighted by atomic mass is 31.2. The molecule has 0 saturated carbocycles. The molecular formula is C58H118N2O6P+. The van der Waals surface area contributed by atoms with Crippen molar-refractivity contribution in [3.05, 3.63) is 12.2 Å². The van der Waals surface area contributed by atoms with Crippen molar-refractivity contribution in [3.63, 3.8) is 0 Å². The molecule has 0 aliphatic carbocycles. The number of likely N-dealkylation sites (N-methyl/N-ethyl adjacent to an activating group) is 1. The third-order valence-electron chi connectivity index (χ3n) is 13.8. The number of nitrogens with one attached hydrogen (secondary N) is 1. The zero-order valence-electron chi connectivity index (χ0n) is 45.7. The molecule has 67 heavy (non-hydrogen) atoms. The van der Waals surface area contributed by atoms with E-state index in [4.69, 9.17) is 9.05 Å². The molecule has 8 nitrogen and oxygen atoms in total. The van der Waals surface area contributed by atoms with Crippen LogP contribution in [0.1, 0.15) is 303 Å². The lowest BCUT2D eigenvalue weighted by molar-refractivity contribution is -0.870. The van der Waals surface area contributed by atoms with E-state index in [1.165, 1.54) is 238 Å². The predicted molar refractivity (Wildman–Crippen MR) is 291 cm³/mol. The van der Waals surface area contributed by atoms with Gasteiger partial charge in [-0.05, 0) is 38.5 Å². The average Bonchev–Trinajstić information content (AvgIpc) is 3.29. The highest BCUT2D eigenvalue weighted by Gasteiger charge is 2.28. The van der Waals surface area contributed by atoms with Gasteiger partial charge in [0.2, 0.25) is 5.91 Å². The lowest BCUT2D eigenvalue weighted by Crippen LogP contribution is -2.46. The number of phosphoric acid groups is 1. The van der Waals surface area contributed by atoms with Crippen molar-refractivity contribution in [2.75, 3.05) is 40.9 Å². The molecular weight excluding hydrogens is 852 g/mol. The fraction of sp³-hybridized carbons (Fsp3) is 0.948. The van der Waals surface area contributed by atoms with Gasteiger partial charge in [0.05, 0.1) is 39.9 Å². The van der Waals surface area contributed by atoms with E-state index in [1.807, 2.05) is 21.1 Å². The highest BCUT2D eigenvalue weighted by Crippen LogP contribution is 2.43. The number of nitrogens with zero attached hydrogens (tertiary/aromatic N) is 1. The molecule has 0 aliphatic rings. The third kappa shape index (κ3) is 52.9. The van der Waals surface area contributed by atoms with E-state index in [2.05, 4.69) is 31.3 Å². The number of amides is 1. The summed E-state index contributed by atoms with van der Waals surface area (Å²) >= 11 is 0. The smallest absolute Gasteiger partial charge is 0.391 e. The molecule has 9 heteroatoms. The normalized spacial score (nSPS) is 14.0. The molecule has 1 amide bonds. The van der Waals surface area contributed by atoms with E-state index in [-0.39, 0.29) is 19.1 Å². The topological polar surface area (TPSA) is 105 Å². The van der Waals surface area contributed by atoms with Gasteiger partial charge >= 0.3 is 7.82 Å². The predicted octanol–water partition coefficient (Wildman–Crippen LogP) is 17.8. The third-order valence-corrected chi connectivity index (χ3v) is 14.7. The quantitative estimate of drug-likeness (QED) is 0.0243. The Morgan fingerprint density at radius 1 is 0.493 bits per heavy atom. The van der Waals surface area contributed by atoms with Gasteiger partial charge in [-0.15, -0.1) is 0 Å². The molecule has 0 fully saturated rings. The van der Waals surface area contributed by atoms with E-state index >= 15 is 0 Å². The van der Waals surface area contributed by atoms with Crippen LogP contribution in [0.25, 0.3) is 0 Å². The number of aliphatic hydroxyl groups is 1. The van der Waals surface area contributed by atoms with Crippen LogP contribution in [-0.2, 0) is 18.4 Å². The maximum Gasteiger partial charge on any atom is 0.472 e. The fourth-order valence-electron chi connectivity index (χ4n) is 9.10. The number of unbranched alkanes of at least 4 members (excludes halogenated alkanes) is 40. The van der Waals surface area contributed by atoms with Gasteiger partial charge in [0.1, 0.15) is 13.2 Å². The zero-order valence-corrected chi connectivity index (χ0v) is 46.6. The lowest BCUT2D eigenvalue weighted by Gasteiger charge is -2.26. The van der Waals surface area contributed by atoms with Crippen LogP contribution in [0.3, 0.4) is 0 Å². The van der Waals surface area contributed by atoms with Gasteiger partial charge in [-0.3, -0.25) is 13.8 Å². The largest absolute Gasteiger partial charge is 0.472 e. The van der Waals surface area contributed by atoms with Crippen molar-refractivity contribution in [2.24, 2.45) is 0 Å². The summed E-state index contributed by atoms with van der Waals surface area (Å²) in [5, 5.41) is 14.0. The number of allylic oxidation sites excluding steroid dienone is 2. The summed E-state index contributed by atoms with van der Waals surface area (Å²) in [6, 6.07) is -0.756. The Morgan fingerprint density at radius 3 is 1.15 bits per heavy atom. The SMILES string of the molecule is CCCCCCCCCC/C=C\CCCCCCCCCCCCCCCCCCCCCC(=O)NC(COP(=O)(O)OCC[N+](C)(C)C)C(O)CCCCCCCCCCCCCCCC. The van der Waals surface area contributed by atoms with Crippen LogP contribution >= 0.6 is 7.82 Å². The first-order valence-corrected chi connectivity index (χ1v) is 31.0. The first-order valence-electron chi connectivity index (χ1n) is 29.6. The maximum absolute atomic E-state index is 13.0. The molecule has 3 unspecified atom stereocenters. The minimum Gasteiger partial charge on any atom is -0.391 e. The van der Waals surface area contributed by atoms with E-state index in [9.17, 15) is 19.4 Å². The molecule has 0 aromatic carbocycles. The van der Waals surface area contributed by atoms with Gasteiger partial charge in [0.25, 0.3) is 0 Å². The van der Waals surface area contributed by atoms with Crippen molar-refractivity contribution in [2.45, 2.75) is 315 Å². The van der Waals surface area contributed by atoms with Crippen molar-refractivity contribution in [1.82, 2.24) is 5.32 Å². The zero-order chi connectivity index (χ0) is 49.2. The summed E-state index contributed by atoms with van der Waals surface area (Å²) in [6.45, 7) is 4.93. The summed E-state index contributed by atoms with van der Waals surface area (Å²) in [4.78, 5) is 23.3. The van der Waals surface area contributed by atoms with E-state index in [0.717, 1.165) is 38.5 Å². The Hall–Kier alpha value is -0.760. The van der Waals surface area contributed by atoms with Crippen molar-refractivity contribution in [1.29, 1.82) is 0 Å². The Morgan fingerprint density at radius 2 is 0.806 bits per heavy atom. The van der Waals surface area contributed by atoms with Crippen LogP contribution in [0, 0.1) is 0 Å². The summed E-state index contributed by atoms with van der Waals surface area (Å²) in [7, 11) is 1.63. The molecule has 0 radical (unpaired) electrons. The number of carbonyl (C=O) groups excluding carboxylic acids is 1. The molecule has 0 saturated heterocycles. The Kier molecular flexibility index (Phi) is 49.6. The van der Waals surface area contributed by atoms with Crippen LogP contribution in [-0.4, -0.2) is 73.4 Å². The number of hydrogen-bond acceptors (Lipinski definition) is 5. The van der Waals surface area contributed by atoms with E-state index < -0.39 is 20.0 Å². The summed E-state index contributed by atoms with van der Waals surface area (Å²) < 4.78 is 23.8. The first kappa shape index (κ1) is 66.2. The number of aliphatic hydroxyl groups excluding tert-OH is 1. The second kappa shape index (κ2) is 50.2. The summed E-state index contributed by atoms with van der Waals surface area (Å²) in [5.41, 5.74) is 0. The van der Waals surface area contributed by atoms with Crippen LogP contribution in [0.4, 0.5) is 0 Å². The van der Waals surface area contributed by atoms with Crippen LogP contribution in [0.15, 0.2) is 12.2 Å². The number of carbonyl (C=O) groups is 1. The van der Waals surface area contributed by atoms with Crippen LogP contribution in [0.2, 0.25) is 0 Å². The first-order chi connectivity index (χ1) is 32.5. The Labute approximate surface area is 418 Å². The number of phosphoric ester groups is 1. The molecule has 3 N–H and O–H groups in total. The van der Waals surface area contributed by atoms with Crippen molar-refractivity contribution in [3.8, 4) is 0 Å². The second-order valence-electron chi connectivity index (χ2n) is 21.7. The standard InChI is InChI=1S/C58H117N2O6P/c1-6-8-10-12-14-16-18-20-22-23-24-25-26-27-28-29-30-31-32-33-34-35-36-37-38-40-42-44-46-48-50-52-58(62)59-56(55-66-67(63,64)65-54-53-60(3,4)5)57(61)51-49-47-45-43-41-39-21-19-17-15-13-11-9-7-2/h23-24,56-57,61H,6-22,25-55H2,1-5H3,(H-,59,62,63,64)/p+1/b24-23-. The minimum atomic E-state index is -4.32. The molecule has 0 bridgehead atoms. The molecule has 0 aromatic rings. The molecule has 3 atom stereocenters. The van der Waals surface area contributed by atoms with Gasteiger partial charge in [0.15, 0.2) is 0 Å². The average molecular weight is 971 g/mol. The molecule has 0 rings (SSSR count). The molecule has 0 spiro atoms. The van der Waals surface area contributed by atoms with E-state index in [0.29, 0.717) is 23.9 Å². The monoisotopic (exact) mass is 970 g/mol. The molecule has 0 aromatic heterocycles. The van der Waals surface area contributed by atoms with Gasteiger partial charge in [-0.25, -0.2) is 4.57 Å². The summed E-state index contributed by atoms with van der Waals surface area (Å²) in [5.74, 6) is -0.138. The molecule has 0 aliphatic heterocycles. The molecule has 400 valence electrons.